The average Bonchev–Trinajstić information content (AvgIpc) is 3.43. The molecule has 1 aromatic heterocycles. The summed E-state index contributed by atoms with van der Waals surface area (Å²) in [4.78, 5) is 18.2. The second-order valence-electron chi connectivity index (χ2n) is 9.02. The van der Waals surface area contributed by atoms with Crippen LogP contribution in [0.1, 0.15) is 33.6 Å². The van der Waals surface area contributed by atoms with Crippen molar-refractivity contribution in [3.63, 3.8) is 0 Å². The number of likely N-dealkylation sites (tertiary alicyclic amines) is 1. The van der Waals surface area contributed by atoms with E-state index in [1.165, 1.54) is 17.4 Å². The van der Waals surface area contributed by atoms with E-state index in [1.807, 2.05) is 53.7 Å². The SMILES string of the molecule is COc1cccc(CN2CCC(C(Cc3ccccc3F)N(C)C(=O)c3cccs3)CC2)c1OC. The van der Waals surface area contributed by atoms with Crippen LogP contribution < -0.4 is 9.47 Å². The Bertz CT molecular complexity index is 1110. The highest BCUT2D eigenvalue weighted by Crippen LogP contribution is 2.33. The highest BCUT2D eigenvalue weighted by Gasteiger charge is 2.33. The summed E-state index contributed by atoms with van der Waals surface area (Å²) in [5.41, 5.74) is 1.75. The third-order valence-electron chi connectivity index (χ3n) is 6.99. The minimum absolute atomic E-state index is 0.00452. The predicted octanol–water partition coefficient (Wildman–Crippen LogP) is 5.50. The molecule has 4 rings (SSSR count). The fraction of sp³-hybridized carbons (Fsp3) is 0.393. The number of nitrogens with zero attached hydrogens (tertiary/aromatic N) is 2. The number of hydrogen-bond acceptors (Lipinski definition) is 5. The zero-order chi connectivity index (χ0) is 24.8. The number of benzene rings is 2. The first-order valence-electron chi connectivity index (χ1n) is 12.0. The van der Waals surface area contributed by atoms with Gasteiger partial charge in [0, 0.05) is 25.2 Å². The second kappa shape index (κ2) is 11.7. The number of carbonyl (C=O) groups is 1. The lowest BCUT2D eigenvalue weighted by Gasteiger charge is -2.40. The monoisotopic (exact) mass is 496 g/mol. The van der Waals surface area contributed by atoms with Gasteiger partial charge in [0.25, 0.3) is 5.91 Å². The molecule has 1 unspecified atom stereocenters. The van der Waals surface area contributed by atoms with E-state index in [9.17, 15) is 9.18 Å². The molecule has 0 bridgehead atoms. The van der Waals surface area contributed by atoms with Crippen LogP contribution in [0.5, 0.6) is 11.5 Å². The molecule has 1 atom stereocenters. The molecule has 1 amide bonds. The fourth-order valence-electron chi connectivity index (χ4n) is 5.05. The van der Waals surface area contributed by atoms with Crippen molar-refractivity contribution in [2.24, 2.45) is 5.92 Å². The van der Waals surface area contributed by atoms with Crippen LogP contribution in [0, 0.1) is 11.7 Å². The third-order valence-corrected chi connectivity index (χ3v) is 7.85. The number of thiophene rings is 1. The van der Waals surface area contributed by atoms with Crippen LogP contribution in [0.2, 0.25) is 0 Å². The van der Waals surface area contributed by atoms with Crippen LogP contribution >= 0.6 is 11.3 Å². The molecule has 3 aromatic rings. The first-order chi connectivity index (χ1) is 17.0. The number of likely N-dealkylation sites (N-methyl/N-ethyl adjacent to an activating group) is 1. The van der Waals surface area contributed by atoms with Crippen molar-refractivity contribution in [3.05, 3.63) is 81.8 Å². The normalized spacial score (nSPS) is 15.5. The van der Waals surface area contributed by atoms with Gasteiger partial charge < -0.3 is 14.4 Å². The van der Waals surface area contributed by atoms with Gasteiger partial charge in [0.15, 0.2) is 11.5 Å². The molecule has 1 aliphatic heterocycles. The molecule has 35 heavy (non-hydrogen) atoms. The fourth-order valence-corrected chi connectivity index (χ4v) is 5.75. The van der Waals surface area contributed by atoms with Crippen molar-refractivity contribution >= 4 is 17.2 Å². The molecular formula is C28H33FN2O3S. The summed E-state index contributed by atoms with van der Waals surface area (Å²) in [7, 11) is 5.18. The summed E-state index contributed by atoms with van der Waals surface area (Å²) in [6.45, 7) is 2.58. The number of halogens is 1. The zero-order valence-corrected chi connectivity index (χ0v) is 21.4. The van der Waals surface area contributed by atoms with Gasteiger partial charge in [-0.05, 0) is 67.4 Å². The lowest BCUT2D eigenvalue weighted by atomic mass is 9.84. The average molecular weight is 497 g/mol. The van der Waals surface area contributed by atoms with Crippen LogP contribution in [0.25, 0.3) is 0 Å². The molecule has 0 aliphatic carbocycles. The van der Waals surface area contributed by atoms with Crippen LogP contribution in [-0.2, 0) is 13.0 Å². The molecule has 1 aliphatic rings. The molecule has 2 heterocycles. The molecular weight excluding hydrogens is 463 g/mol. The van der Waals surface area contributed by atoms with E-state index in [0.29, 0.717) is 16.9 Å². The predicted molar refractivity (Wildman–Crippen MR) is 138 cm³/mol. The minimum Gasteiger partial charge on any atom is -0.493 e. The number of carbonyl (C=O) groups excluding carboxylic acids is 1. The quantitative estimate of drug-likeness (QED) is 0.392. The largest absolute Gasteiger partial charge is 0.493 e. The van der Waals surface area contributed by atoms with Gasteiger partial charge in [-0.2, -0.15) is 0 Å². The molecule has 1 fully saturated rings. The minimum atomic E-state index is -0.211. The highest BCUT2D eigenvalue weighted by atomic mass is 32.1. The Hall–Kier alpha value is -2.90. The van der Waals surface area contributed by atoms with Crippen LogP contribution in [0.3, 0.4) is 0 Å². The number of rotatable bonds is 9. The van der Waals surface area contributed by atoms with Crippen molar-refractivity contribution in [1.82, 2.24) is 9.80 Å². The van der Waals surface area contributed by atoms with Crippen molar-refractivity contribution in [3.8, 4) is 11.5 Å². The van der Waals surface area contributed by atoms with Gasteiger partial charge in [-0.25, -0.2) is 4.39 Å². The van der Waals surface area contributed by atoms with Crippen molar-refractivity contribution in [1.29, 1.82) is 0 Å². The smallest absolute Gasteiger partial charge is 0.263 e. The summed E-state index contributed by atoms with van der Waals surface area (Å²) in [5, 5.41) is 1.91. The van der Waals surface area contributed by atoms with Crippen molar-refractivity contribution in [2.75, 3.05) is 34.4 Å². The topological polar surface area (TPSA) is 42.0 Å². The van der Waals surface area contributed by atoms with E-state index in [2.05, 4.69) is 11.0 Å². The molecule has 0 N–H and O–H groups in total. The Labute approximate surface area is 211 Å². The molecule has 5 nitrogen and oxygen atoms in total. The van der Waals surface area contributed by atoms with Gasteiger partial charge in [-0.1, -0.05) is 36.4 Å². The van der Waals surface area contributed by atoms with Gasteiger partial charge in [0.05, 0.1) is 19.1 Å². The van der Waals surface area contributed by atoms with Gasteiger partial charge >= 0.3 is 0 Å². The lowest BCUT2D eigenvalue weighted by Crippen LogP contribution is -2.47. The van der Waals surface area contributed by atoms with E-state index < -0.39 is 0 Å². The second-order valence-corrected chi connectivity index (χ2v) is 9.97. The molecule has 0 saturated carbocycles. The van der Waals surface area contributed by atoms with Crippen LogP contribution in [-0.4, -0.2) is 56.1 Å². The van der Waals surface area contributed by atoms with E-state index in [4.69, 9.17) is 9.47 Å². The molecule has 0 spiro atoms. The lowest BCUT2D eigenvalue weighted by molar-refractivity contribution is 0.0587. The number of methoxy groups -OCH3 is 2. The van der Waals surface area contributed by atoms with Crippen molar-refractivity contribution in [2.45, 2.75) is 31.8 Å². The Kier molecular flexibility index (Phi) is 8.42. The molecule has 7 heteroatoms. The summed E-state index contributed by atoms with van der Waals surface area (Å²) in [6, 6.07) is 16.5. The number of ether oxygens (including phenoxy) is 2. The first kappa shape index (κ1) is 25.2. The molecule has 1 saturated heterocycles. The maximum atomic E-state index is 14.6. The van der Waals surface area contributed by atoms with Gasteiger partial charge in [0.2, 0.25) is 0 Å². The Morgan fingerprint density at radius 1 is 1.06 bits per heavy atom. The summed E-state index contributed by atoms with van der Waals surface area (Å²) < 4.78 is 25.6. The first-order valence-corrected chi connectivity index (χ1v) is 12.9. The van der Waals surface area contributed by atoms with E-state index in [1.54, 1.807) is 20.3 Å². The maximum Gasteiger partial charge on any atom is 0.263 e. The maximum absolute atomic E-state index is 14.6. The number of amides is 1. The number of hydrogen-bond donors (Lipinski definition) is 0. The molecule has 0 radical (unpaired) electrons. The van der Waals surface area contributed by atoms with Gasteiger partial charge in [-0.3, -0.25) is 9.69 Å². The molecule has 2 aromatic carbocycles. The van der Waals surface area contributed by atoms with Crippen LogP contribution in [0.4, 0.5) is 4.39 Å². The van der Waals surface area contributed by atoms with Crippen LogP contribution in [0.15, 0.2) is 60.0 Å². The number of para-hydroxylation sites is 1. The summed E-state index contributed by atoms with van der Waals surface area (Å²) >= 11 is 1.45. The number of piperidine rings is 1. The Morgan fingerprint density at radius 2 is 1.80 bits per heavy atom. The Morgan fingerprint density at radius 3 is 2.46 bits per heavy atom. The Balaban J connectivity index is 1.48. The van der Waals surface area contributed by atoms with Gasteiger partial charge in [-0.15, -0.1) is 11.3 Å². The van der Waals surface area contributed by atoms with Gasteiger partial charge in [0.1, 0.15) is 5.82 Å². The standard InChI is InChI=1S/C28H33FN2O3S/c1-30(28(32)26-12-7-17-35-26)24(18-21-8-4-5-10-23(21)29)20-13-15-31(16-14-20)19-22-9-6-11-25(33-2)27(22)34-3/h4-12,17,20,24H,13-16,18-19H2,1-3H3. The third kappa shape index (κ3) is 5.85. The summed E-state index contributed by atoms with van der Waals surface area (Å²) in [5.74, 6) is 1.59. The summed E-state index contributed by atoms with van der Waals surface area (Å²) in [6.07, 6.45) is 2.38. The van der Waals surface area contributed by atoms with Crippen molar-refractivity contribution < 1.29 is 18.7 Å². The highest BCUT2D eigenvalue weighted by molar-refractivity contribution is 7.12. The van der Waals surface area contributed by atoms with E-state index in [0.717, 1.165) is 49.5 Å². The van der Waals surface area contributed by atoms with E-state index in [-0.39, 0.29) is 23.7 Å². The van der Waals surface area contributed by atoms with E-state index >= 15 is 0 Å². The zero-order valence-electron chi connectivity index (χ0n) is 20.6. The molecule has 186 valence electrons.